The van der Waals surface area contributed by atoms with E-state index in [1.54, 1.807) is 6.07 Å². The van der Waals surface area contributed by atoms with Gasteiger partial charge in [-0.1, -0.05) is 17.7 Å². The van der Waals surface area contributed by atoms with Gasteiger partial charge in [0.2, 0.25) is 0 Å². The highest BCUT2D eigenvalue weighted by Gasteiger charge is 2.28. The van der Waals surface area contributed by atoms with Crippen LogP contribution in [0, 0.1) is 5.82 Å². The van der Waals surface area contributed by atoms with Gasteiger partial charge < -0.3 is 10.4 Å². The highest BCUT2D eigenvalue weighted by atomic mass is 35.5. The number of carboxylic acid groups (broad SMARTS) is 1. The van der Waals surface area contributed by atoms with Gasteiger partial charge in [0.05, 0.1) is 0 Å². The SMILES string of the molecule is O=C(O)C1CCC(Cc2ccc(F)cc2Cl)N1. The largest absolute Gasteiger partial charge is 0.480 e. The zero-order valence-electron chi connectivity index (χ0n) is 9.12. The summed E-state index contributed by atoms with van der Waals surface area (Å²) in [5.74, 6) is -1.18. The molecule has 1 aliphatic rings. The Hall–Kier alpha value is -1.13. The third kappa shape index (κ3) is 2.96. The zero-order valence-corrected chi connectivity index (χ0v) is 9.88. The van der Waals surface area contributed by atoms with E-state index in [2.05, 4.69) is 5.32 Å². The van der Waals surface area contributed by atoms with Gasteiger partial charge in [-0.3, -0.25) is 4.79 Å². The van der Waals surface area contributed by atoms with Crippen LogP contribution in [0.4, 0.5) is 4.39 Å². The van der Waals surface area contributed by atoms with Crippen molar-refractivity contribution in [3.63, 3.8) is 0 Å². The fourth-order valence-electron chi connectivity index (χ4n) is 2.13. The molecule has 0 radical (unpaired) electrons. The van der Waals surface area contributed by atoms with Gasteiger partial charge in [0.25, 0.3) is 0 Å². The Labute approximate surface area is 104 Å². The Kier molecular flexibility index (Phi) is 3.64. The molecule has 2 unspecified atom stereocenters. The molecule has 1 aliphatic heterocycles. The lowest BCUT2D eigenvalue weighted by Crippen LogP contribution is -2.36. The summed E-state index contributed by atoms with van der Waals surface area (Å²) < 4.78 is 12.9. The van der Waals surface area contributed by atoms with E-state index < -0.39 is 12.0 Å². The molecule has 1 aromatic rings. The number of nitrogens with one attached hydrogen (secondary N) is 1. The Balaban J connectivity index is 2.00. The van der Waals surface area contributed by atoms with E-state index in [4.69, 9.17) is 16.7 Å². The molecule has 0 bridgehead atoms. The summed E-state index contributed by atoms with van der Waals surface area (Å²) in [7, 11) is 0. The first kappa shape index (κ1) is 12.3. The Bertz CT molecular complexity index is 439. The van der Waals surface area contributed by atoms with Gasteiger partial charge in [0.15, 0.2) is 0 Å². The molecular weight excluding hydrogens is 245 g/mol. The number of rotatable bonds is 3. The predicted molar refractivity (Wildman–Crippen MR) is 62.7 cm³/mol. The first-order valence-corrected chi connectivity index (χ1v) is 5.87. The molecular formula is C12H13ClFNO2. The van der Waals surface area contributed by atoms with Crippen molar-refractivity contribution in [3.05, 3.63) is 34.6 Å². The van der Waals surface area contributed by atoms with Crippen LogP contribution < -0.4 is 5.32 Å². The fraction of sp³-hybridized carbons (Fsp3) is 0.417. The van der Waals surface area contributed by atoms with Crippen molar-refractivity contribution in [1.29, 1.82) is 0 Å². The standard InChI is InChI=1S/C12H13ClFNO2/c13-10-6-8(14)2-1-7(10)5-9-3-4-11(15-9)12(16)17/h1-2,6,9,11,15H,3-5H2,(H,16,17). The number of halogens is 2. The van der Waals surface area contributed by atoms with E-state index in [0.717, 1.165) is 12.0 Å². The second kappa shape index (κ2) is 5.02. The molecule has 2 rings (SSSR count). The van der Waals surface area contributed by atoms with Gasteiger partial charge >= 0.3 is 5.97 Å². The number of aliphatic carboxylic acids is 1. The average Bonchev–Trinajstić information content (AvgIpc) is 2.71. The molecule has 3 nitrogen and oxygen atoms in total. The van der Waals surface area contributed by atoms with Crippen molar-refractivity contribution in [2.45, 2.75) is 31.3 Å². The van der Waals surface area contributed by atoms with E-state index >= 15 is 0 Å². The van der Waals surface area contributed by atoms with Crippen molar-refractivity contribution in [2.75, 3.05) is 0 Å². The molecule has 1 heterocycles. The van der Waals surface area contributed by atoms with Gasteiger partial charge in [-0.25, -0.2) is 4.39 Å². The number of hydrogen-bond acceptors (Lipinski definition) is 2. The van der Waals surface area contributed by atoms with E-state index in [-0.39, 0.29) is 11.9 Å². The molecule has 2 N–H and O–H groups in total. The molecule has 1 saturated heterocycles. The van der Waals surface area contributed by atoms with Gasteiger partial charge in [-0.15, -0.1) is 0 Å². The Morgan fingerprint density at radius 3 is 2.88 bits per heavy atom. The van der Waals surface area contributed by atoms with Crippen LogP contribution in [0.2, 0.25) is 5.02 Å². The summed E-state index contributed by atoms with van der Waals surface area (Å²) in [6.45, 7) is 0. The topological polar surface area (TPSA) is 49.3 Å². The highest BCUT2D eigenvalue weighted by molar-refractivity contribution is 6.31. The molecule has 92 valence electrons. The minimum atomic E-state index is -0.822. The van der Waals surface area contributed by atoms with Gasteiger partial charge in [-0.2, -0.15) is 0 Å². The zero-order chi connectivity index (χ0) is 12.4. The first-order chi connectivity index (χ1) is 8.06. The second-order valence-electron chi connectivity index (χ2n) is 4.27. The number of benzene rings is 1. The summed E-state index contributed by atoms with van der Waals surface area (Å²) >= 11 is 5.92. The van der Waals surface area contributed by atoms with Gasteiger partial charge in [0, 0.05) is 11.1 Å². The van der Waals surface area contributed by atoms with Crippen molar-refractivity contribution >= 4 is 17.6 Å². The maximum Gasteiger partial charge on any atom is 0.320 e. The summed E-state index contributed by atoms with van der Waals surface area (Å²) in [4.78, 5) is 10.8. The number of carbonyl (C=O) groups is 1. The van der Waals surface area contributed by atoms with Crippen LogP contribution in [0.25, 0.3) is 0 Å². The third-order valence-electron chi connectivity index (χ3n) is 3.02. The summed E-state index contributed by atoms with van der Waals surface area (Å²) in [6.07, 6.45) is 2.05. The third-order valence-corrected chi connectivity index (χ3v) is 3.37. The minimum Gasteiger partial charge on any atom is -0.480 e. The summed E-state index contributed by atoms with van der Waals surface area (Å²) in [6, 6.07) is 3.91. The predicted octanol–water partition coefficient (Wildman–Crippen LogP) is 2.23. The van der Waals surface area contributed by atoms with Crippen molar-refractivity contribution < 1.29 is 14.3 Å². The van der Waals surface area contributed by atoms with Gasteiger partial charge in [-0.05, 0) is 37.0 Å². The Morgan fingerprint density at radius 1 is 1.53 bits per heavy atom. The van der Waals surface area contributed by atoms with Crippen LogP contribution in [0.5, 0.6) is 0 Å². The number of carboxylic acids is 1. The lowest BCUT2D eigenvalue weighted by molar-refractivity contribution is -0.139. The molecule has 0 aliphatic carbocycles. The van der Waals surface area contributed by atoms with Crippen molar-refractivity contribution in [2.24, 2.45) is 0 Å². The number of hydrogen-bond donors (Lipinski definition) is 2. The van der Waals surface area contributed by atoms with E-state index in [1.807, 2.05) is 0 Å². The molecule has 0 saturated carbocycles. The normalized spacial score (nSPS) is 23.9. The minimum absolute atomic E-state index is 0.0964. The lowest BCUT2D eigenvalue weighted by Gasteiger charge is -2.12. The van der Waals surface area contributed by atoms with Gasteiger partial charge in [0.1, 0.15) is 11.9 Å². The summed E-state index contributed by atoms with van der Waals surface area (Å²) in [5, 5.41) is 12.3. The van der Waals surface area contributed by atoms with Crippen molar-refractivity contribution in [1.82, 2.24) is 5.32 Å². The molecule has 1 aromatic carbocycles. The van der Waals surface area contributed by atoms with E-state index in [1.165, 1.54) is 12.1 Å². The van der Waals surface area contributed by atoms with Crippen LogP contribution in [-0.4, -0.2) is 23.2 Å². The van der Waals surface area contributed by atoms with Crippen LogP contribution in [-0.2, 0) is 11.2 Å². The summed E-state index contributed by atoms with van der Waals surface area (Å²) in [5.41, 5.74) is 0.844. The Morgan fingerprint density at radius 2 is 2.29 bits per heavy atom. The molecule has 2 atom stereocenters. The van der Waals surface area contributed by atoms with Crippen LogP contribution in [0.15, 0.2) is 18.2 Å². The fourth-order valence-corrected chi connectivity index (χ4v) is 2.37. The van der Waals surface area contributed by atoms with E-state index in [9.17, 15) is 9.18 Å². The second-order valence-corrected chi connectivity index (χ2v) is 4.68. The van der Waals surface area contributed by atoms with Crippen LogP contribution in [0.1, 0.15) is 18.4 Å². The lowest BCUT2D eigenvalue weighted by atomic mass is 10.0. The molecule has 5 heteroatoms. The quantitative estimate of drug-likeness (QED) is 0.873. The van der Waals surface area contributed by atoms with Crippen molar-refractivity contribution in [3.8, 4) is 0 Å². The van der Waals surface area contributed by atoms with Crippen LogP contribution >= 0.6 is 11.6 Å². The van der Waals surface area contributed by atoms with E-state index in [0.29, 0.717) is 17.9 Å². The average molecular weight is 258 g/mol. The first-order valence-electron chi connectivity index (χ1n) is 5.49. The molecule has 0 amide bonds. The maximum atomic E-state index is 12.9. The molecule has 1 fully saturated rings. The molecule has 17 heavy (non-hydrogen) atoms. The smallest absolute Gasteiger partial charge is 0.320 e. The monoisotopic (exact) mass is 257 g/mol. The maximum absolute atomic E-state index is 12.9. The molecule has 0 spiro atoms. The van der Waals surface area contributed by atoms with Crippen LogP contribution in [0.3, 0.4) is 0 Å². The molecule has 0 aromatic heterocycles. The highest BCUT2D eigenvalue weighted by Crippen LogP contribution is 2.22.